The van der Waals surface area contributed by atoms with Crippen molar-refractivity contribution in [3.8, 4) is 0 Å². The average Bonchev–Trinajstić information content (AvgIpc) is 3.15. The van der Waals surface area contributed by atoms with Gasteiger partial charge in [0.05, 0.1) is 11.8 Å². The third kappa shape index (κ3) is 8.78. The number of hydrogen-bond acceptors (Lipinski definition) is 4. The summed E-state index contributed by atoms with van der Waals surface area (Å²) in [5.41, 5.74) is 0.980. The van der Waals surface area contributed by atoms with Gasteiger partial charge in [-0.25, -0.2) is 4.99 Å². The van der Waals surface area contributed by atoms with Gasteiger partial charge < -0.3 is 19.9 Å². The molecule has 0 amide bonds. The largest absolute Gasteiger partial charge is 0.378 e. The van der Waals surface area contributed by atoms with Crippen molar-refractivity contribution in [1.29, 1.82) is 0 Å². The normalized spacial score (nSPS) is 16.1. The topological polar surface area (TPSA) is 71.7 Å². The minimum atomic E-state index is 0.375. The SMILES string of the molecule is CCNC(=NCc1cc(C(C)C)no1)NCCCCCOC1CCCCC1. The first kappa shape index (κ1) is 21.7. The van der Waals surface area contributed by atoms with Crippen LogP contribution in [0.5, 0.6) is 0 Å². The molecule has 0 aliphatic heterocycles. The van der Waals surface area contributed by atoms with Gasteiger partial charge in [0, 0.05) is 25.8 Å². The van der Waals surface area contributed by atoms with Crippen molar-refractivity contribution >= 4 is 5.96 Å². The van der Waals surface area contributed by atoms with Crippen LogP contribution in [0.3, 0.4) is 0 Å². The molecule has 154 valence electrons. The van der Waals surface area contributed by atoms with E-state index in [1.807, 2.05) is 6.07 Å². The molecule has 0 bridgehead atoms. The Balaban J connectivity index is 1.59. The van der Waals surface area contributed by atoms with Gasteiger partial charge in [0.2, 0.25) is 0 Å². The molecule has 1 heterocycles. The molecule has 0 saturated heterocycles. The van der Waals surface area contributed by atoms with Crippen LogP contribution < -0.4 is 10.6 Å². The lowest BCUT2D eigenvalue weighted by Crippen LogP contribution is -2.37. The Morgan fingerprint density at radius 1 is 1.22 bits per heavy atom. The summed E-state index contributed by atoms with van der Waals surface area (Å²) in [6, 6.07) is 1.99. The lowest BCUT2D eigenvalue weighted by atomic mass is 9.98. The summed E-state index contributed by atoms with van der Waals surface area (Å²) >= 11 is 0. The molecule has 2 rings (SSSR count). The fourth-order valence-corrected chi connectivity index (χ4v) is 3.27. The van der Waals surface area contributed by atoms with Crippen molar-refractivity contribution < 1.29 is 9.26 Å². The first-order valence-corrected chi connectivity index (χ1v) is 10.8. The predicted molar refractivity (Wildman–Crippen MR) is 110 cm³/mol. The quantitative estimate of drug-likeness (QED) is 0.340. The molecule has 27 heavy (non-hydrogen) atoms. The lowest BCUT2D eigenvalue weighted by molar-refractivity contribution is 0.0264. The highest BCUT2D eigenvalue weighted by Gasteiger charge is 2.13. The second-order valence-electron chi connectivity index (χ2n) is 7.69. The van der Waals surface area contributed by atoms with E-state index >= 15 is 0 Å². The Morgan fingerprint density at radius 3 is 2.74 bits per heavy atom. The number of ether oxygens (including phenoxy) is 1. The van der Waals surface area contributed by atoms with Gasteiger partial charge in [0.25, 0.3) is 0 Å². The van der Waals surface area contributed by atoms with Gasteiger partial charge in [-0.2, -0.15) is 0 Å². The maximum Gasteiger partial charge on any atom is 0.191 e. The number of guanidine groups is 1. The molecule has 1 saturated carbocycles. The molecular weight excluding hydrogens is 340 g/mol. The first-order chi connectivity index (χ1) is 13.2. The Hall–Kier alpha value is -1.56. The van der Waals surface area contributed by atoms with E-state index in [1.54, 1.807) is 0 Å². The highest BCUT2D eigenvalue weighted by atomic mass is 16.5. The molecule has 1 aromatic rings. The number of unbranched alkanes of at least 4 members (excludes halogenated alkanes) is 2. The van der Waals surface area contributed by atoms with Crippen molar-refractivity contribution in [2.75, 3.05) is 19.7 Å². The number of aliphatic imine (C=N–C) groups is 1. The van der Waals surface area contributed by atoms with Crippen molar-refractivity contribution in [1.82, 2.24) is 15.8 Å². The monoisotopic (exact) mass is 378 g/mol. The number of rotatable bonds is 11. The summed E-state index contributed by atoms with van der Waals surface area (Å²) in [6.45, 7) is 9.46. The maximum atomic E-state index is 5.98. The smallest absolute Gasteiger partial charge is 0.191 e. The molecule has 1 aromatic heterocycles. The van der Waals surface area contributed by atoms with Crippen molar-refractivity contribution in [2.45, 2.75) is 90.7 Å². The molecule has 2 N–H and O–H groups in total. The standard InChI is InChI=1S/C21H38N4O2/c1-4-22-21(24-16-19-15-20(17(2)3)25-27-19)23-13-9-6-10-14-26-18-11-7-5-8-12-18/h15,17-18H,4-14,16H2,1-3H3,(H2,22,23,24). The van der Waals surface area contributed by atoms with Crippen LogP contribution in [0, 0.1) is 0 Å². The third-order valence-electron chi connectivity index (χ3n) is 4.93. The van der Waals surface area contributed by atoms with E-state index < -0.39 is 0 Å². The molecule has 0 atom stereocenters. The Labute approximate surface area is 164 Å². The minimum Gasteiger partial charge on any atom is -0.378 e. The van der Waals surface area contributed by atoms with E-state index in [2.05, 4.69) is 41.6 Å². The van der Waals surface area contributed by atoms with Gasteiger partial charge in [-0.3, -0.25) is 0 Å². The Kier molecular flexibility index (Phi) is 10.3. The van der Waals surface area contributed by atoms with Crippen LogP contribution in [-0.4, -0.2) is 36.9 Å². The first-order valence-electron chi connectivity index (χ1n) is 10.8. The Morgan fingerprint density at radius 2 is 2.04 bits per heavy atom. The Bertz CT molecular complexity index is 536. The van der Waals surface area contributed by atoms with Gasteiger partial charge in [-0.1, -0.05) is 38.3 Å². The summed E-state index contributed by atoms with van der Waals surface area (Å²) in [7, 11) is 0. The number of nitrogens with one attached hydrogen (secondary N) is 2. The van der Waals surface area contributed by atoms with E-state index in [1.165, 1.54) is 38.5 Å². The molecule has 1 aliphatic carbocycles. The molecule has 1 fully saturated rings. The zero-order valence-corrected chi connectivity index (χ0v) is 17.4. The summed E-state index contributed by atoms with van der Waals surface area (Å²) in [5.74, 6) is 2.01. The van der Waals surface area contributed by atoms with Crippen LogP contribution in [0.1, 0.15) is 89.5 Å². The van der Waals surface area contributed by atoms with Crippen molar-refractivity contribution in [3.63, 3.8) is 0 Å². The molecule has 0 radical (unpaired) electrons. The van der Waals surface area contributed by atoms with Gasteiger partial charge in [-0.15, -0.1) is 0 Å². The molecule has 1 aliphatic rings. The average molecular weight is 379 g/mol. The highest BCUT2D eigenvalue weighted by molar-refractivity contribution is 5.79. The van der Waals surface area contributed by atoms with Crippen LogP contribution >= 0.6 is 0 Å². The van der Waals surface area contributed by atoms with Gasteiger partial charge >= 0.3 is 0 Å². The predicted octanol–water partition coefficient (Wildman–Crippen LogP) is 4.37. The number of hydrogen-bond donors (Lipinski definition) is 2. The highest BCUT2D eigenvalue weighted by Crippen LogP contribution is 2.20. The molecule has 6 heteroatoms. The lowest BCUT2D eigenvalue weighted by Gasteiger charge is -2.21. The molecular formula is C21H38N4O2. The van der Waals surface area contributed by atoms with E-state index in [0.717, 1.165) is 50.0 Å². The van der Waals surface area contributed by atoms with E-state index in [9.17, 15) is 0 Å². The second-order valence-corrected chi connectivity index (χ2v) is 7.69. The summed E-state index contributed by atoms with van der Waals surface area (Å²) in [4.78, 5) is 4.59. The van der Waals surface area contributed by atoms with Crippen LogP contribution in [0.2, 0.25) is 0 Å². The zero-order chi connectivity index (χ0) is 19.3. The molecule has 0 spiro atoms. The van der Waals surface area contributed by atoms with Crippen molar-refractivity contribution in [2.24, 2.45) is 4.99 Å². The van der Waals surface area contributed by atoms with Gasteiger partial charge in [0.15, 0.2) is 11.7 Å². The van der Waals surface area contributed by atoms with Gasteiger partial charge in [0.1, 0.15) is 6.54 Å². The summed E-state index contributed by atoms with van der Waals surface area (Å²) < 4.78 is 11.3. The van der Waals surface area contributed by atoms with Crippen LogP contribution in [0.25, 0.3) is 0 Å². The van der Waals surface area contributed by atoms with E-state index in [4.69, 9.17) is 9.26 Å². The van der Waals surface area contributed by atoms with Crippen LogP contribution in [0.15, 0.2) is 15.6 Å². The van der Waals surface area contributed by atoms with E-state index in [-0.39, 0.29) is 0 Å². The summed E-state index contributed by atoms with van der Waals surface area (Å²) in [6.07, 6.45) is 10.6. The fraction of sp³-hybridized carbons (Fsp3) is 0.810. The maximum absolute atomic E-state index is 5.98. The number of aromatic nitrogens is 1. The molecule has 6 nitrogen and oxygen atoms in total. The fourth-order valence-electron chi connectivity index (χ4n) is 3.27. The summed E-state index contributed by atoms with van der Waals surface area (Å²) in [5, 5.41) is 10.8. The van der Waals surface area contributed by atoms with Crippen LogP contribution in [0.4, 0.5) is 0 Å². The van der Waals surface area contributed by atoms with E-state index in [0.29, 0.717) is 18.6 Å². The third-order valence-corrected chi connectivity index (χ3v) is 4.93. The zero-order valence-electron chi connectivity index (χ0n) is 17.4. The second kappa shape index (κ2) is 12.8. The van der Waals surface area contributed by atoms with Crippen molar-refractivity contribution in [3.05, 3.63) is 17.5 Å². The van der Waals surface area contributed by atoms with Gasteiger partial charge in [-0.05, 0) is 44.9 Å². The number of nitrogens with zero attached hydrogens (tertiary/aromatic N) is 2. The molecule has 0 aromatic carbocycles. The van der Waals surface area contributed by atoms with Crippen LogP contribution in [-0.2, 0) is 11.3 Å². The molecule has 0 unspecified atom stereocenters. The minimum absolute atomic E-state index is 0.375.